The number of unbranched alkanes of at least 4 members (excludes halogenated alkanes) is 9. The number of amides is 2. The molecule has 7 nitrogen and oxygen atoms in total. The smallest absolute Gasteiger partial charge is 0.306 e. The molecular formula is C35H61N3O4S. The average molecular weight is 620 g/mol. The minimum atomic E-state index is -0.108. The zero-order valence-corrected chi connectivity index (χ0v) is 28.9. The second kappa shape index (κ2) is 21.7. The molecule has 0 bridgehead atoms. The summed E-state index contributed by atoms with van der Waals surface area (Å²) in [6, 6.07) is 0. The standard InChI is InChI=1S/C35H61N3O4S/c1-6-8-10-12-13-15-20-29(19-14-11-9-7-2)42-33(40)22-17-16-21-32(39)38-26-23-30-31(27-38)43-28(3)34(30)35(41)36-24-18-25-37(4)5/h29H,6-27H2,1-5H3,(H,36,41). The number of fused-ring (bicyclic) bond motifs is 1. The van der Waals surface area contributed by atoms with Gasteiger partial charge < -0.3 is 19.9 Å². The van der Waals surface area contributed by atoms with E-state index in [-0.39, 0.29) is 23.9 Å². The van der Waals surface area contributed by atoms with E-state index in [9.17, 15) is 14.4 Å². The summed E-state index contributed by atoms with van der Waals surface area (Å²) in [6.07, 6.45) is 18.1. The molecular weight excluding hydrogens is 558 g/mol. The summed E-state index contributed by atoms with van der Waals surface area (Å²) in [5.41, 5.74) is 1.93. The van der Waals surface area contributed by atoms with Crippen LogP contribution in [0.3, 0.4) is 0 Å². The molecule has 0 radical (unpaired) electrons. The minimum absolute atomic E-state index is 0.00981. The first-order valence-corrected chi connectivity index (χ1v) is 18.1. The molecule has 2 heterocycles. The molecule has 1 aromatic heterocycles. The Labute approximate surface area is 266 Å². The predicted molar refractivity (Wildman–Crippen MR) is 179 cm³/mol. The van der Waals surface area contributed by atoms with Gasteiger partial charge in [0.25, 0.3) is 5.91 Å². The van der Waals surface area contributed by atoms with Gasteiger partial charge >= 0.3 is 5.97 Å². The van der Waals surface area contributed by atoms with Crippen molar-refractivity contribution in [3.05, 3.63) is 20.9 Å². The zero-order chi connectivity index (χ0) is 31.5. The third kappa shape index (κ3) is 14.6. The van der Waals surface area contributed by atoms with Crippen molar-refractivity contribution in [1.82, 2.24) is 15.1 Å². The first kappa shape index (κ1) is 37.3. The lowest BCUT2D eigenvalue weighted by Gasteiger charge is -2.27. The molecule has 0 spiro atoms. The van der Waals surface area contributed by atoms with E-state index in [0.717, 1.165) is 66.0 Å². The van der Waals surface area contributed by atoms with Gasteiger partial charge in [-0.25, -0.2) is 0 Å². The van der Waals surface area contributed by atoms with Crippen LogP contribution in [0.5, 0.6) is 0 Å². The van der Waals surface area contributed by atoms with E-state index in [1.54, 1.807) is 11.3 Å². The van der Waals surface area contributed by atoms with Crippen LogP contribution in [0.25, 0.3) is 0 Å². The lowest BCUT2D eigenvalue weighted by Crippen LogP contribution is -2.36. The second-order valence-electron chi connectivity index (χ2n) is 12.6. The van der Waals surface area contributed by atoms with Crippen LogP contribution in [0.2, 0.25) is 0 Å². The van der Waals surface area contributed by atoms with Crippen LogP contribution in [-0.2, 0) is 27.3 Å². The normalized spacial score (nSPS) is 13.7. The highest BCUT2D eigenvalue weighted by atomic mass is 32.1. The predicted octanol–water partition coefficient (Wildman–Crippen LogP) is 7.82. The van der Waals surface area contributed by atoms with Crippen molar-refractivity contribution in [2.75, 3.05) is 33.7 Å². The molecule has 1 aromatic rings. The molecule has 1 N–H and O–H groups in total. The van der Waals surface area contributed by atoms with Crippen LogP contribution in [0, 0.1) is 6.92 Å². The van der Waals surface area contributed by atoms with E-state index in [1.165, 1.54) is 51.4 Å². The second-order valence-corrected chi connectivity index (χ2v) is 13.9. The summed E-state index contributed by atoms with van der Waals surface area (Å²) in [6.45, 7) is 9.29. The molecule has 43 heavy (non-hydrogen) atoms. The summed E-state index contributed by atoms with van der Waals surface area (Å²) < 4.78 is 5.93. The third-order valence-corrected chi connectivity index (χ3v) is 9.59. The van der Waals surface area contributed by atoms with E-state index >= 15 is 0 Å². The van der Waals surface area contributed by atoms with Crippen LogP contribution < -0.4 is 5.32 Å². The maximum absolute atomic E-state index is 13.0. The molecule has 8 heteroatoms. The van der Waals surface area contributed by atoms with E-state index < -0.39 is 0 Å². The van der Waals surface area contributed by atoms with Gasteiger partial charge in [0.15, 0.2) is 0 Å². The van der Waals surface area contributed by atoms with Gasteiger partial charge in [-0.1, -0.05) is 65.2 Å². The lowest BCUT2D eigenvalue weighted by molar-refractivity contribution is -0.150. The van der Waals surface area contributed by atoms with Crippen LogP contribution >= 0.6 is 11.3 Å². The number of carbonyl (C=O) groups is 3. The first-order chi connectivity index (χ1) is 20.8. The van der Waals surface area contributed by atoms with Gasteiger partial charge in [-0.2, -0.15) is 0 Å². The third-order valence-electron chi connectivity index (χ3n) is 8.46. The summed E-state index contributed by atoms with van der Waals surface area (Å²) in [4.78, 5) is 44.7. The van der Waals surface area contributed by atoms with Gasteiger partial charge in [0, 0.05) is 35.7 Å². The molecule has 0 saturated carbocycles. The number of thiophene rings is 1. The quantitative estimate of drug-likeness (QED) is 0.0998. The Morgan fingerprint density at radius 2 is 1.51 bits per heavy atom. The Balaban J connectivity index is 1.73. The van der Waals surface area contributed by atoms with Gasteiger partial charge in [0.2, 0.25) is 5.91 Å². The molecule has 1 unspecified atom stereocenters. The van der Waals surface area contributed by atoms with Crippen molar-refractivity contribution in [1.29, 1.82) is 0 Å². The Morgan fingerprint density at radius 3 is 2.19 bits per heavy atom. The summed E-state index contributed by atoms with van der Waals surface area (Å²) in [5, 5.41) is 3.08. The van der Waals surface area contributed by atoms with E-state index in [1.807, 2.05) is 25.9 Å². The number of hydrogen-bond donors (Lipinski definition) is 1. The highest BCUT2D eigenvalue weighted by Crippen LogP contribution is 2.33. The monoisotopic (exact) mass is 619 g/mol. The molecule has 0 aliphatic carbocycles. The van der Waals surface area contributed by atoms with E-state index in [2.05, 4.69) is 24.1 Å². The summed E-state index contributed by atoms with van der Waals surface area (Å²) >= 11 is 1.64. The lowest BCUT2D eigenvalue weighted by atomic mass is 10.0. The average Bonchev–Trinajstić information content (AvgIpc) is 3.31. The number of carbonyl (C=O) groups excluding carboxylic acids is 3. The van der Waals surface area contributed by atoms with E-state index in [4.69, 9.17) is 4.74 Å². The zero-order valence-electron chi connectivity index (χ0n) is 28.1. The number of nitrogens with one attached hydrogen (secondary N) is 1. The Bertz CT molecular complexity index is 961. The van der Waals surface area contributed by atoms with Crippen molar-refractivity contribution in [2.45, 2.75) is 149 Å². The Kier molecular flexibility index (Phi) is 18.8. The van der Waals surface area contributed by atoms with Gasteiger partial charge in [0.1, 0.15) is 6.10 Å². The first-order valence-electron chi connectivity index (χ1n) is 17.3. The number of nitrogens with zero attached hydrogens (tertiary/aromatic N) is 2. The van der Waals surface area contributed by atoms with Gasteiger partial charge in [-0.3, -0.25) is 14.4 Å². The molecule has 2 amide bonds. The summed E-state index contributed by atoms with van der Waals surface area (Å²) in [5.74, 6) is 0.0374. The van der Waals surface area contributed by atoms with Crippen molar-refractivity contribution >= 4 is 29.1 Å². The SMILES string of the molecule is CCCCCCCCC(CCCCCC)OC(=O)CCCCC(=O)N1CCc2c(sc(C)c2C(=O)NCCCN(C)C)C1. The minimum Gasteiger partial charge on any atom is -0.462 e. The molecule has 246 valence electrons. The molecule has 1 aliphatic heterocycles. The fourth-order valence-electron chi connectivity index (χ4n) is 5.90. The van der Waals surface area contributed by atoms with Crippen molar-refractivity contribution in [3.63, 3.8) is 0 Å². The molecule has 0 aromatic carbocycles. The molecule has 1 atom stereocenters. The van der Waals surface area contributed by atoms with Gasteiger partial charge in [0.05, 0.1) is 12.1 Å². The van der Waals surface area contributed by atoms with Crippen LogP contribution in [0.4, 0.5) is 0 Å². The number of aryl methyl sites for hydroxylation is 1. The maximum Gasteiger partial charge on any atom is 0.306 e. The molecule has 0 saturated heterocycles. The molecule has 1 aliphatic rings. The summed E-state index contributed by atoms with van der Waals surface area (Å²) in [7, 11) is 4.07. The van der Waals surface area contributed by atoms with Crippen LogP contribution in [-0.4, -0.2) is 67.4 Å². The van der Waals surface area contributed by atoms with E-state index in [0.29, 0.717) is 45.3 Å². The topological polar surface area (TPSA) is 79.0 Å². The van der Waals surface area contributed by atoms with Crippen molar-refractivity contribution in [3.8, 4) is 0 Å². The van der Waals surface area contributed by atoms with Gasteiger partial charge in [-0.05, 0) is 84.5 Å². The molecule has 2 rings (SSSR count). The Morgan fingerprint density at radius 1 is 0.884 bits per heavy atom. The number of hydrogen-bond acceptors (Lipinski definition) is 6. The number of ether oxygens (including phenoxy) is 1. The number of rotatable bonds is 23. The fourth-order valence-corrected chi connectivity index (χ4v) is 7.13. The highest BCUT2D eigenvalue weighted by Gasteiger charge is 2.28. The van der Waals surface area contributed by atoms with Crippen LogP contribution in [0.15, 0.2) is 0 Å². The number of esters is 1. The largest absolute Gasteiger partial charge is 0.462 e. The maximum atomic E-state index is 13.0. The van der Waals surface area contributed by atoms with Crippen molar-refractivity contribution in [2.24, 2.45) is 0 Å². The highest BCUT2D eigenvalue weighted by molar-refractivity contribution is 7.12. The van der Waals surface area contributed by atoms with Crippen molar-refractivity contribution < 1.29 is 19.1 Å². The van der Waals surface area contributed by atoms with Gasteiger partial charge in [-0.15, -0.1) is 11.3 Å². The molecule has 0 fully saturated rings. The Hall–Kier alpha value is -1.93. The fraction of sp³-hybridized carbons (Fsp3) is 0.800. The van der Waals surface area contributed by atoms with Crippen LogP contribution in [0.1, 0.15) is 149 Å².